The standard InChI is InChI=1S/C15H28N2O2/c1-8(2)13(11(7)18)17-14(9(3)4)12(15(17)19)16-10(5)6/h8-10,12-14,16H,1-7H3. The molecule has 1 heterocycles. The zero-order valence-corrected chi connectivity index (χ0v) is 13.2. The Hall–Kier alpha value is -0.900. The summed E-state index contributed by atoms with van der Waals surface area (Å²) in [7, 11) is 0. The van der Waals surface area contributed by atoms with Gasteiger partial charge in [0.2, 0.25) is 5.91 Å². The number of carbonyl (C=O) groups excluding carboxylic acids is 2. The molecule has 0 radical (unpaired) electrons. The number of carbonyl (C=O) groups is 2. The maximum absolute atomic E-state index is 12.4. The molecule has 1 aliphatic rings. The Morgan fingerprint density at radius 1 is 1.16 bits per heavy atom. The molecule has 110 valence electrons. The van der Waals surface area contributed by atoms with Crippen molar-refractivity contribution in [1.29, 1.82) is 0 Å². The van der Waals surface area contributed by atoms with Gasteiger partial charge in [0.25, 0.3) is 0 Å². The van der Waals surface area contributed by atoms with Gasteiger partial charge in [-0.05, 0) is 18.8 Å². The molecule has 0 aromatic rings. The highest BCUT2D eigenvalue weighted by atomic mass is 16.2. The first-order valence-corrected chi connectivity index (χ1v) is 7.27. The van der Waals surface area contributed by atoms with E-state index in [4.69, 9.17) is 0 Å². The molecule has 1 aliphatic heterocycles. The number of likely N-dealkylation sites (tertiary alicyclic amines) is 1. The largest absolute Gasteiger partial charge is 0.326 e. The van der Waals surface area contributed by atoms with Gasteiger partial charge in [0.1, 0.15) is 6.04 Å². The maximum atomic E-state index is 12.4. The lowest BCUT2D eigenvalue weighted by Crippen LogP contribution is -2.76. The minimum absolute atomic E-state index is 0.0706. The van der Waals surface area contributed by atoms with Crippen molar-refractivity contribution in [2.45, 2.75) is 72.6 Å². The predicted molar refractivity (Wildman–Crippen MR) is 76.8 cm³/mol. The Balaban J connectivity index is 2.95. The van der Waals surface area contributed by atoms with Gasteiger partial charge in [0.05, 0.1) is 12.1 Å². The van der Waals surface area contributed by atoms with Crippen LogP contribution < -0.4 is 5.32 Å². The van der Waals surface area contributed by atoms with E-state index in [2.05, 4.69) is 19.2 Å². The minimum Gasteiger partial charge on any atom is -0.326 e. The molecule has 4 heteroatoms. The zero-order chi connectivity index (χ0) is 14.9. The van der Waals surface area contributed by atoms with Crippen molar-refractivity contribution in [2.24, 2.45) is 11.8 Å². The van der Waals surface area contributed by atoms with Crippen LogP contribution in [0.15, 0.2) is 0 Å². The Morgan fingerprint density at radius 3 is 2.00 bits per heavy atom. The van der Waals surface area contributed by atoms with Gasteiger partial charge in [-0.2, -0.15) is 0 Å². The van der Waals surface area contributed by atoms with Crippen LogP contribution in [-0.2, 0) is 9.59 Å². The molecular formula is C15H28N2O2. The second kappa shape index (κ2) is 6.04. The zero-order valence-electron chi connectivity index (χ0n) is 13.2. The van der Waals surface area contributed by atoms with Crippen LogP contribution in [0.1, 0.15) is 48.5 Å². The maximum Gasteiger partial charge on any atom is 0.242 e. The Morgan fingerprint density at radius 2 is 1.68 bits per heavy atom. The van der Waals surface area contributed by atoms with Gasteiger partial charge in [0, 0.05) is 6.04 Å². The predicted octanol–water partition coefficient (Wildman–Crippen LogP) is 1.83. The lowest BCUT2D eigenvalue weighted by atomic mass is 9.81. The first-order valence-electron chi connectivity index (χ1n) is 7.27. The fourth-order valence-electron chi connectivity index (χ4n) is 3.08. The second-order valence-electron chi connectivity index (χ2n) is 6.58. The molecule has 3 atom stereocenters. The number of β-lactam (4-membered cyclic amide) rings is 1. The third kappa shape index (κ3) is 3.16. The Kier molecular flexibility index (Phi) is 5.13. The number of hydrogen-bond donors (Lipinski definition) is 1. The van der Waals surface area contributed by atoms with Gasteiger partial charge >= 0.3 is 0 Å². The molecule has 0 aliphatic carbocycles. The number of Topliss-reactive ketones (excluding diaryl/α,β-unsaturated/α-hetero) is 1. The topological polar surface area (TPSA) is 49.4 Å². The van der Waals surface area contributed by atoms with E-state index in [-0.39, 0.29) is 41.8 Å². The average Bonchev–Trinajstić information content (AvgIpc) is 2.24. The highest BCUT2D eigenvalue weighted by Crippen LogP contribution is 2.32. The minimum atomic E-state index is -0.287. The van der Waals surface area contributed by atoms with Gasteiger partial charge in [-0.15, -0.1) is 0 Å². The van der Waals surface area contributed by atoms with E-state index in [9.17, 15) is 9.59 Å². The van der Waals surface area contributed by atoms with Crippen LogP contribution >= 0.6 is 0 Å². The fourth-order valence-corrected chi connectivity index (χ4v) is 3.08. The second-order valence-corrected chi connectivity index (χ2v) is 6.58. The number of ketones is 1. The van der Waals surface area contributed by atoms with Crippen molar-refractivity contribution >= 4 is 11.7 Å². The average molecular weight is 268 g/mol. The number of nitrogens with one attached hydrogen (secondary N) is 1. The van der Waals surface area contributed by atoms with Gasteiger partial charge in [-0.1, -0.05) is 41.5 Å². The van der Waals surface area contributed by atoms with Crippen LogP contribution in [0.25, 0.3) is 0 Å². The highest BCUT2D eigenvalue weighted by molar-refractivity contribution is 5.95. The van der Waals surface area contributed by atoms with Crippen LogP contribution in [-0.4, -0.2) is 40.8 Å². The van der Waals surface area contributed by atoms with Gasteiger partial charge in [-0.3, -0.25) is 9.59 Å². The molecule has 1 N–H and O–H groups in total. The molecule has 0 saturated carbocycles. The molecule has 0 aromatic carbocycles. The number of amides is 1. The van der Waals surface area contributed by atoms with Crippen LogP contribution in [0.2, 0.25) is 0 Å². The summed E-state index contributed by atoms with van der Waals surface area (Å²) in [6, 6.07) is -0.0379. The first kappa shape index (κ1) is 16.2. The lowest BCUT2D eigenvalue weighted by Gasteiger charge is -2.54. The van der Waals surface area contributed by atoms with E-state index in [0.29, 0.717) is 5.92 Å². The molecule has 0 bridgehead atoms. The van der Waals surface area contributed by atoms with Crippen molar-refractivity contribution in [2.75, 3.05) is 0 Å². The van der Waals surface area contributed by atoms with Crippen molar-refractivity contribution < 1.29 is 9.59 Å². The summed E-state index contributed by atoms with van der Waals surface area (Å²) in [5.74, 6) is 0.649. The van der Waals surface area contributed by atoms with Crippen molar-refractivity contribution in [3.05, 3.63) is 0 Å². The molecule has 4 nitrogen and oxygen atoms in total. The van der Waals surface area contributed by atoms with Gasteiger partial charge in [-0.25, -0.2) is 0 Å². The van der Waals surface area contributed by atoms with Crippen LogP contribution in [0.5, 0.6) is 0 Å². The Labute approximate surface area is 116 Å². The van der Waals surface area contributed by atoms with Crippen molar-refractivity contribution in [1.82, 2.24) is 10.2 Å². The van der Waals surface area contributed by atoms with Crippen LogP contribution in [0.4, 0.5) is 0 Å². The summed E-state index contributed by atoms with van der Waals surface area (Å²) in [5.41, 5.74) is 0. The van der Waals surface area contributed by atoms with Crippen LogP contribution in [0.3, 0.4) is 0 Å². The third-order valence-corrected chi connectivity index (χ3v) is 3.73. The van der Waals surface area contributed by atoms with E-state index in [1.54, 1.807) is 11.8 Å². The first-order chi connectivity index (χ1) is 8.68. The van der Waals surface area contributed by atoms with Gasteiger partial charge in [0.15, 0.2) is 5.78 Å². The van der Waals surface area contributed by atoms with Gasteiger partial charge < -0.3 is 10.2 Å². The van der Waals surface area contributed by atoms with Crippen LogP contribution in [0, 0.1) is 11.8 Å². The molecule has 1 rings (SSSR count). The molecule has 1 amide bonds. The smallest absolute Gasteiger partial charge is 0.242 e. The molecule has 1 fully saturated rings. The van der Waals surface area contributed by atoms with Crippen molar-refractivity contribution in [3.63, 3.8) is 0 Å². The van der Waals surface area contributed by atoms with Crippen molar-refractivity contribution in [3.8, 4) is 0 Å². The number of hydrogen-bond acceptors (Lipinski definition) is 3. The number of nitrogens with zero attached hydrogens (tertiary/aromatic N) is 1. The molecule has 0 aromatic heterocycles. The molecular weight excluding hydrogens is 240 g/mol. The summed E-state index contributed by atoms with van der Waals surface area (Å²) in [5, 5.41) is 3.32. The number of rotatable bonds is 6. The third-order valence-electron chi connectivity index (χ3n) is 3.73. The van der Waals surface area contributed by atoms with E-state index >= 15 is 0 Å². The highest BCUT2D eigenvalue weighted by Gasteiger charge is 2.52. The molecule has 1 saturated heterocycles. The lowest BCUT2D eigenvalue weighted by molar-refractivity contribution is -0.164. The fraction of sp³-hybridized carbons (Fsp3) is 0.867. The summed E-state index contributed by atoms with van der Waals surface area (Å²) in [4.78, 5) is 26.0. The monoisotopic (exact) mass is 268 g/mol. The summed E-state index contributed by atoms with van der Waals surface area (Å²) >= 11 is 0. The summed E-state index contributed by atoms with van der Waals surface area (Å²) in [6.45, 7) is 13.9. The summed E-state index contributed by atoms with van der Waals surface area (Å²) in [6.07, 6.45) is 0. The van der Waals surface area contributed by atoms with E-state index in [1.807, 2.05) is 27.7 Å². The quantitative estimate of drug-likeness (QED) is 0.748. The SMILES string of the molecule is CC(=O)C(C(C)C)N1C(=O)C(NC(C)C)C1C(C)C. The molecule has 3 unspecified atom stereocenters. The normalized spacial score (nSPS) is 25.2. The molecule has 0 spiro atoms. The molecule has 19 heavy (non-hydrogen) atoms. The summed E-state index contributed by atoms with van der Waals surface area (Å²) < 4.78 is 0. The Bertz CT molecular complexity index is 350. The van der Waals surface area contributed by atoms with E-state index in [1.165, 1.54) is 0 Å². The van der Waals surface area contributed by atoms with E-state index in [0.717, 1.165) is 0 Å². The van der Waals surface area contributed by atoms with E-state index < -0.39 is 0 Å².